The van der Waals surface area contributed by atoms with Crippen LogP contribution in [0.1, 0.15) is 53.9 Å². The van der Waals surface area contributed by atoms with Gasteiger partial charge in [-0.1, -0.05) is 61.5 Å². The highest BCUT2D eigenvalue weighted by atomic mass is 16.7. The van der Waals surface area contributed by atoms with Crippen molar-refractivity contribution in [1.29, 1.82) is 0 Å². The molecule has 0 spiro atoms. The number of aryl methyl sites for hydroxylation is 1. The summed E-state index contributed by atoms with van der Waals surface area (Å²) in [6.07, 6.45) is -6.44. The van der Waals surface area contributed by atoms with E-state index in [4.69, 9.17) is 23.7 Å². The van der Waals surface area contributed by atoms with Gasteiger partial charge in [0.05, 0.1) is 0 Å². The maximum Gasteiger partial charge on any atom is 0.508 e. The van der Waals surface area contributed by atoms with Crippen LogP contribution in [0, 0.1) is 0 Å². The van der Waals surface area contributed by atoms with Gasteiger partial charge in [0.25, 0.3) is 0 Å². The van der Waals surface area contributed by atoms with E-state index in [1.807, 2.05) is 66.7 Å². The van der Waals surface area contributed by atoms with E-state index >= 15 is 0 Å². The molecule has 2 aliphatic heterocycles. The Balaban J connectivity index is 1.28. The fourth-order valence-corrected chi connectivity index (χ4v) is 5.23. The van der Waals surface area contributed by atoms with Crippen molar-refractivity contribution in [3.63, 3.8) is 0 Å². The van der Waals surface area contributed by atoms with Crippen molar-refractivity contribution in [2.75, 3.05) is 19.8 Å². The first-order valence-electron chi connectivity index (χ1n) is 13.9. The van der Waals surface area contributed by atoms with Crippen molar-refractivity contribution in [3.8, 4) is 11.5 Å². The normalized spacial score (nSPS) is 24.4. The minimum absolute atomic E-state index is 0.362. The summed E-state index contributed by atoms with van der Waals surface area (Å²) >= 11 is 0. The summed E-state index contributed by atoms with van der Waals surface area (Å²) in [6, 6.07) is 20.9. The number of benzene rings is 3. The predicted molar refractivity (Wildman–Crippen MR) is 149 cm³/mol. The predicted octanol–water partition coefficient (Wildman–Crippen LogP) is 4.05. The van der Waals surface area contributed by atoms with Crippen LogP contribution in [0.3, 0.4) is 0 Å². The molecule has 0 saturated carbocycles. The lowest BCUT2D eigenvalue weighted by Gasteiger charge is -2.40. The third-order valence-corrected chi connectivity index (χ3v) is 7.56. The molecule has 218 valence electrons. The number of carbonyl (C=O) groups is 1. The summed E-state index contributed by atoms with van der Waals surface area (Å²) in [5.74, 6) is 1.44. The molecule has 0 bridgehead atoms. The van der Waals surface area contributed by atoms with E-state index in [1.165, 1.54) is 0 Å². The minimum Gasteiger partial charge on any atom is -0.486 e. The standard InChI is InChI=1S/C32H36O9/c1-3-21-10-11-23(17-24(21)15-20-9-12-25-26(16-20)38-14-13-37-25)31-30(35)29(34)28(33)27(41-31)18-39-32(36)40-19(2)22-7-5-4-6-8-22/h4-12,16-17,19,27-31,33-35H,3,13-15,18H2,1-2H3/t19?,27?,28?,29?,30?,31-/m0/s1. The topological polar surface area (TPSA) is 124 Å². The molecule has 9 nitrogen and oxygen atoms in total. The van der Waals surface area contributed by atoms with Gasteiger partial charge >= 0.3 is 6.16 Å². The zero-order valence-electron chi connectivity index (χ0n) is 23.1. The van der Waals surface area contributed by atoms with Crippen molar-refractivity contribution in [1.82, 2.24) is 0 Å². The van der Waals surface area contributed by atoms with E-state index in [-0.39, 0.29) is 6.61 Å². The molecule has 0 radical (unpaired) electrons. The van der Waals surface area contributed by atoms with Gasteiger partial charge in [-0.3, -0.25) is 0 Å². The van der Waals surface area contributed by atoms with Crippen LogP contribution >= 0.6 is 0 Å². The van der Waals surface area contributed by atoms with Crippen molar-refractivity contribution in [2.45, 2.75) is 63.3 Å². The Morgan fingerprint density at radius 2 is 1.66 bits per heavy atom. The van der Waals surface area contributed by atoms with Gasteiger partial charge in [0, 0.05) is 0 Å². The second-order valence-electron chi connectivity index (χ2n) is 10.3. The monoisotopic (exact) mass is 564 g/mol. The molecule has 3 aromatic carbocycles. The van der Waals surface area contributed by atoms with Crippen LogP contribution in [0.15, 0.2) is 66.7 Å². The van der Waals surface area contributed by atoms with Crippen LogP contribution in [0.25, 0.3) is 0 Å². The Kier molecular flexibility index (Phi) is 9.09. The molecular formula is C32H36O9. The number of aliphatic hydroxyl groups is 3. The molecule has 1 saturated heterocycles. The lowest BCUT2D eigenvalue weighted by atomic mass is 9.88. The number of hydrogen-bond acceptors (Lipinski definition) is 9. The summed E-state index contributed by atoms with van der Waals surface area (Å²) in [5.41, 5.74) is 4.64. The zero-order valence-corrected chi connectivity index (χ0v) is 23.1. The maximum atomic E-state index is 12.3. The molecular weight excluding hydrogens is 528 g/mol. The Morgan fingerprint density at radius 3 is 2.41 bits per heavy atom. The number of ether oxygens (including phenoxy) is 5. The summed E-state index contributed by atoms with van der Waals surface area (Å²) in [6.45, 7) is 4.46. The third-order valence-electron chi connectivity index (χ3n) is 7.56. The van der Waals surface area contributed by atoms with E-state index in [1.54, 1.807) is 6.92 Å². The average Bonchev–Trinajstić information content (AvgIpc) is 3.00. The first-order chi connectivity index (χ1) is 19.8. The molecule has 0 aliphatic carbocycles. The average molecular weight is 565 g/mol. The fourth-order valence-electron chi connectivity index (χ4n) is 5.23. The lowest BCUT2D eigenvalue weighted by molar-refractivity contribution is -0.232. The smallest absolute Gasteiger partial charge is 0.486 e. The molecule has 0 aromatic heterocycles. The highest BCUT2D eigenvalue weighted by Crippen LogP contribution is 2.35. The van der Waals surface area contributed by atoms with Gasteiger partial charge in [0.2, 0.25) is 0 Å². The second kappa shape index (κ2) is 12.9. The van der Waals surface area contributed by atoms with Gasteiger partial charge in [0.1, 0.15) is 56.4 Å². The van der Waals surface area contributed by atoms with Crippen molar-refractivity contribution >= 4 is 6.16 Å². The molecule has 1 fully saturated rings. The van der Waals surface area contributed by atoms with Crippen LogP contribution < -0.4 is 9.47 Å². The molecule has 3 aromatic rings. The van der Waals surface area contributed by atoms with Crippen LogP contribution in [0.5, 0.6) is 11.5 Å². The third kappa shape index (κ3) is 6.65. The maximum absolute atomic E-state index is 12.3. The number of aliphatic hydroxyl groups excluding tert-OH is 3. The molecule has 5 rings (SSSR count). The molecule has 9 heteroatoms. The van der Waals surface area contributed by atoms with E-state index < -0.39 is 42.8 Å². The Labute approximate surface area is 239 Å². The lowest BCUT2D eigenvalue weighted by Crippen LogP contribution is -2.55. The van der Waals surface area contributed by atoms with Crippen molar-refractivity contribution in [2.24, 2.45) is 0 Å². The van der Waals surface area contributed by atoms with E-state index in [0.29, 0.717) is 30.9 Å². The number of fused-ring (bicyclic) bond motifs is 1. The molecule has 5 unspecified atom stereocenters. The number of rotatable bonds is 8. The van der Waals surface area contributed by atoms with Crippen molar-refractivity contribution < 1.29 is 43.8 Å². The molecule has 2 aliphatic rings. The van der Waals surface area contributed by atoms with E-state index in [9.17, 15) is 20.1 Å². The second-order valence-corrected chi connectivity index (χ2v) is 10.3. The van der Waals surface area contributed by atoms with Crippen LogP contribution in [0.2, 0.25) is 0 Å². The Hall–Kier alpha value is -3.63. The van der Waals surface area contributed by atoms with Gasteiger partial charge in [-0.05, 0) is 59.7 Å². The molecule has 41 heavy (non-hydrogen) atoms. The molecule has 3 N–H and O–H groups in total. The van der Waals surface area contributed by atoms with Crippen molar-refractivity contribution in [3.05, 3.63) is 94.5 Å². The first-order valence-corrected chi connectivity index (χ1v) is 13.9. The van der Waals surface area contributed by atoms with Gasteiger partial charge in [0.15, 0.2) is 11.5 Å². The number of carbonyl (C=O) groups excluding carboxylic acids is 1. The van der Waals surface area contributed by atoms with Gasteiger partial charge in [-0.2, -0.15) is 0 Å². The highest BCUT2D eigenvalue weighted by molar-refractivity contribution is 5.60. The Bertz CT molecular complexity index is 1330. The molecule has 6 atom stereocenters. The molecule has 0 amide bonds. The first kappa shape index (κ1) is 28.9. The van der Waals surface area contributed by atoms with Gasteiger partial charge in [-0.15, -0.1) is 0 Å². The van der Waals surface area contributed by atoms with Gasteiger partial charge in [-0.25, -0.2) is 4.79 Å². The largest absolute Gasteiger partial charge is 0.508 e. The highest BCUT2D eigenvalue weighted by Gasteiger charge is 2.45. The van der Waals surface area contributed by atoms with Crippen LogP contribution in [0.4, 0.5) is 4.79 Å². The number of hydrogen-bond donors (Lipinski definition) is 3. The van der Waals surface area contributed by atoms with E-state index in [0.717, 1.165) is 34.4 Å². The fraction of sp³-hybridized carbons (Fsp3) is 0.406. The van der Waals surface area contributed by atoms with Gasteiger partial charge < -0.3 is 39.0 Å². The van der Waals surface area contributed by atoms with Crippen LogP contribution in [-0.2, 0) is 27.1 Å². The summed E-state index contributed by atoms with van der Waals surface area (Å²) in [7, 11) is 0. The van der Waals surface area contributed by atoms with Crippen LogP contribution in [-0.4, -0.2) is 65.7 Å². The SMILES string of the molecule is CCc1ccc([C@@H]2OC(COC(=O)OC(C)c3ccccc3)C(O)C(O)C2O)cc1Cc1ccc2c(c1)OCCO2. The quantitative estimate of drug-likeness (QED) is 0.348. The summed E-state index contributed by atoms with van der Waals surface area (Å²) < 4.78 is 28.0. The molecule has 2 heterocycles. The zero-order chi connectivity index (χ0) is 28.9. The van der Waals surface area contributed by atoms with E-state index in [2.05, 4.69) is 6.92 Å². The Morgan fingerprint density at radius 1 is 0.902 bits per heavy atom. The summed E-state index contributed by atoms with van der Waals surface area (Å²) in [5, 5.41) is 32.1. The summed E-state index contributed by atoms with van der Waals surface area (Å²) in [4.78, 5) is 12.3. The minimum atomic E-state index is -1.51.